The molecule has 1 aliphatic rings. The Balaban J connectivity index is 1.89. The Hall–Kier alpha value is -1.24. The van der Waals surface area contributed by atoms with Crippen molar-refractivity contribution in [2.45, 2.75) is 25.9 Å². The lowest BCUT2D eigenvalue weighted by Crippen LogP contribution is -2.61. The topological polar surface area (TPSA) is 49.3 Å². The molecule has 1 saturated heterocycles. The molecule has 0 unspecified atom stereocenters. The lowest BCUT2D eigenvalue weighted by atomic mass is 9.98. The van der Waals surface area contributed by atoms with Crippen molar-refractivity contribution in [2.24, 2.45) is 0 Å². The first-order chi connectivity index (χ1) is 9.89. The molecular formula is C14H17ClN4OS. The minimum absolute atomic E-state index is 0.122. The van der Waals surface area contributed by atoms with Crippen LogP contribution in [0.2, 0.25) is 5.15 Å². The van der Waals surface area contributed by atoms with Crippen molar-refractivity contribution in [1.82, 2.24) is 19.8 Å². The van der Waals surface area contributed by atoms with E-state index in [-0.39, 0.29) is 5.91 Å². The summed E-state index contributed by atoms with van der Waals surface area (Å²) in [5, 5.41) is 3.33. The zero-order valence-electron chi connectivity index (χ0n) is 12.3. The highest BCUT2D eigenvalue weighted by Gasteiger charge is 2.40. The van der Waals surface area contributed by atoms with Gasteiger partial charge in [0.25, 0.3) is 0 Å². The number of aromatic nitrogens is 2. The Morgan fingerprint density at radius 3 is 2.90 bits per heavy atom. The number of hydrogen-bond donors (Lipinski definition) is 0. The van der Waals surface area contributed by atoms with Crippen molar-refractivity contribution in [1.29, 1.82) is 0 Å². The summed E-state index contributed by atoms with van der Waals surface area (Å²) in [6.45, 7) is 5.93. The van der Waals surface area contributed by atoms with Gasteiger partial charge in [-0.25, -0.2) is 9.97 Å². The normalized spacial score (nSPS) is 19.4. The Bertz CT molecular complexity index is 699. The maximum absolute atomic E-state index is 12.3. The monoisotopic (exact) mass is 324 g/mol. The minimum Gasteiger partial charge on any atom is -0.343 e. The molecule has 0 spiro atoms. The van der Waals surface area contributed by atoms with E-state index in [1.165, 1.54) is 0 Å². The van der Waals surface area contributed by atoms with E-state index in [2.05, 4.69) is 14.9 Å². The smallest absolute Gasteiger partial charge is 0.242 e. The fourth-order valence-electron chi connectivity index (χ4n) is 2.63. The second-order valence-corrected chi connectivity index (χ2v) is 7.03. The molecule has 0 aromatic carbocycles. The van der Waals surface area contributed by atoms with Gasteiger partial charge >= 0.3 is 0 Å². The molecule has 1 amide bonds. The van der Waals surface area contributed by atoms with Crippen molar-refractivity contribution < 1.29 is 4.79 Å². The maximum Gasteiger partial charge on any atom is 0.242 e. The van der Waals surface area contributed by atoms with E-state index >= 15 is 0 Å². The summed E-state index contributed by atoms with van der Waals surface area (Å²) in [5.41, 5.74) is -0.548. The van der Waals surface area contributed by atoms with Crippen molar-refractivity contribution >= 4 is 39.1 Å². The number of halogens is 1. The molecule has 3 heterocycles. The van der Waals surface area contributed by atoms with Gasteiger partial charge in [0.1, 0.15) is 15.8 Å². The summed E-state index contributed by atoms with van der Waals surface area (Å²) < 4.78 is 0. The number of carbonyl (C=O) groups is 1. The number of hydrogen-bond acceptors (Lipinski definition) is 5. The van der Waals surface area contributed by atoms with Gasteiger partial charge in [-0.2, -0.15) is 0 Å². The molecule has 0 atom stereocenters. The van der Waals surface area contributed by atoms with Crippen LogP contribution in [0.1, 0.15) is 19.7 Å². The van der Waals surface area contributed by atoms with Gasteiger partial charge in [0.2, 0.25) is 5.91 Å². The van der Waals surface area contributed by atoms with Crippen LogP contribution in [0.25, 0.3) is 10.2 Å². The first-order valence-electron chi connectivity index (χ1n) is 6.80. The molecule has 3 rings (SSSR count). The summed E-state index contributed by atoms with van der Waals surface area (Å²) in [6.07, 6.45) is 0. The highest BCUT2D eigenvalue weighted by atomic mass is 35.5. The fraction of sp³-hybridized carbons (Fsp3) is 0.500. The first kappa shape index (κ1) is 14.7. The fourth-order valence-corrected chi connectivity index (χ4v) is 3.72. The molecule has 7 heteroatoms. The van der Waals surface area contributed by atoms with Gasteiger partial charge in [0.05, 0.1) is 12.1 Å². The number of piperazine rings is 1. The van der Waals surface area contributed by atoms with Crippen LogP contribution in [-0.4, -0.2) is 51.4 Å². The first-order valence-corrected chi connectivity index (χ1v) is 8.05. The van der Waals surface area contributed by atoms with Crippen LogP contribution in [0.15, 0.2) is 11.4 Å². The third-order valence-electron chi connectivity index (χ3n) is 4.02. The predicted octanol–water partition coefficient (Wildman–Crippen LogP) is 2.40. The number of fused-ring (bicyclic) bond motifs is 1. The Labute approximate surface area is 132 Å². The maximum atomic E-state index is 12.3. The second kappa shape index (κ2) is 5.19. The highest BCUT2D eigenvalue weighted by Crippen LogP contribution is 2.27. The molecule has 0 aliphatic carbocycles. The second-order valence-electron chi connectivity index (χ2n) is 5.78. The molecule has 0 saturated carbocycles. The Kier molecular flexibility index (Phi) is 3.63. The third-order valence-corrected chi connectivity index (χ3v) is 5.12. The molecule has 5 nitrogen and oxygen atoms in total. The van der Waals surface area contributed by atoms with Crippen LogP contribution in [0.4, 0.5) is 0 Å². The van der Waals surface area contributed by atoms with Crippen molar-refractivity contribution in [3.63, 3.8) is 0 Å². The summed E-state index contributed by atoms with van der Waals surface area (Å²) in [5.74, 6) is 0.789. The Morgan fingerprint density at radius 1 is 1.38 bits per heavy atom. The summed E-state index contributed by atoms with van der Waals surface area (Å²) in [7, 11) is 1.84. The van der Waals surface area contributed by atoms with Gasteiger partial charge in [0, 0.05) is 25.5 Å². The van der Waals surface area contributed by atoms with Gasteiger partial charge in [-0.1, -0.05) is 11.6 Å². The van der Waals surface area contributed by atoms with Gasteiger partial charge < -0.3 is 4.90 Å². The molecule has 0 N–H and O–H groups in total. The molecule has 0 bridgehead atoms. The number of likely N-dealkylation sites (N-methyl/N-ethyl adjacent to an activating group) is 1. The number of nitrogens with zero attached hydrogens (tertiary/aromatic N) is 4. The predicted molar refractivity (Wildman–Crippen MR) is 84.6 cm³/mol. The Morgan fingerprint density at radius 2 is 2.14 bits per heavy atom. The van der Waals surface area contributed by atoms with Crippen LogP contribution in [-0.2, 0) is 11.3 Å². The van der Waals surface area contributed by atoms with E-state index < -0.39 is 5.54 Å². The van der Waals surface area contributed by atoms with Crippen LogP contribution in [0.5, 0.6) is 0 Å². The van der Waals surface area contributed by atoms with E-state index in [0.717, 1.165) is 23.3 Å². The molecule has 2 aromatic rings. The van der Waals surface area contributed by atoms with Crippen LogP contribution in [0.3, 0.4) is 0 Å². The van der Waals surface area contributed by atoms with Crippen molar-refractivity contribution in [2.75, 3.05) is 20.1 Å². The van der Waals surface area contributed by atoms with E-state index in [0.29, 0.717) is 17.5 Å². The number of carbonyl (C=O) groups excluding carboxylic acids is 1. The zero-order chi connectivity index (χ0) is 15.2. The van der Waals surface area contributed by atoms with Crippen LogP contribution < -0.4 is 0 Å². The highest BCUT2D eigenvalue weighted by molar-refractivity contribution is 7.16. The molecule has 1 aliphatic heterocycles. The standard InChI is InChI=1S/C14H17ClN4OS/c1-14(2)13(20)18(3)5-6-19(14)8-10-16-11(15)9-4-7-21-12(9)17-10/h4,7H,5-6,8H2,1-3H3. The summed E-state index contributed by atoms with van der Waals surface area (Å²) in [4.78, 5) is 26.0. The molecule has 21 heavy (non-hydrogen) atoms. The largest absolute Gasteiger partial charge is 0.343 e. The van der Waals surface area contributed by atoms with Gasteiger partial charge in [-0.3, -0.25) is 9.69 Å². The van der Waals surface area contributed by atoms with Crippen LogP contribution in [0, 0.1) is 0 Å². The van der Waals surface area contributed by atoms with Crippen LogP contribution >= 0.6 is 22.9 Å². The molecule has 0 radical (unpaired) electrons. The van der Waals surface area contributed by atoms with E-state index in [4.69, 9.17) is 11.6 Å². The van der Waals surface area contributed by atoms with Gasteiger partial charge in [-0.05, 0) is 25.3 Å². The lowest BCUT2D eigenvalue weighted by molar-refractivity contribution is -0.147. The molecule has 2 aromatic heterocycles. The number of rotatable bonds is 2. The summed E-state index contributed by atoms with van der Waals surface area (Å²) in [6, 6.07) is 1.93. The minimum atomic E-state index is -0.548. The third kappa shape index (κ3) is 2.52. The number of thiophene rings is 1. The van der Waals surface area contributed by atoms with Crippen molar-refractivity contribution in [3.05, 3.63) is 22.4 Å². The van der Waals surface area contributed by atoms with Crippen molar-refractivity contribution in [3.8, 4) is 0 Å². The average Bonchev–Trinajstić information content (AvgIpc) is 2.89. The van der Waals surface area contributed by atoms with E-state index in [9.17, 15) is 4.79 Å². The lowest BCUT2D eigenvalue weighted by Gasteiger charge is -2.44. The quantitative estimate of drug-likeness (QED) is 0.796. The van der Waals surface area contributed by atoms with Gasteiger partial charge in [0.15, 0.2) is 0 Å². The zero-order valence-corrected chi connectivity index (χ0v) is 13.8. The van der Waals surface area contributed by atoms with E-state index in [1.54, 1.807) is 16.2 Å². The SMILES string of the molecule is CN1CCN(Cc2nc(Cl)c3ccsc3n2)C(C)(C)C1=O. The molecule has 112 valence electrons. The summed E-state index contributed by atoms with van der Waals surface area (Å²) >= 11 is 7.76. The van der Waals surface area contributed by atoms with Gasteiger partial charge in [-0.15, -0.1) is 11.3 Å². The van der Waals surface area contributed by atoms with E-state index in [1.807, 2.05) is 32.3 Å². The number of amides is 1. The average molecular weight is 325 g/mol. The molecule has 1 fully saturated rings. The molecular weight excluding hydrogens is 308 g/mol.